The Morgan fingerprint density at radius 3 is 2.78 bits per heavy atom. The first kappa shape index (κ1) is 11.4. The third-order valence-corrected chi connectivity index (χ3v) is 4.12. The molecular weight excluding hydrogens is 232 g/mol. The number of benzene rings is 1. The van der Waals surface area contributed by atoms with Crippen LogP contribution in [0.3, 0.4) is 0 Å². The summed E-state index contributed by atoms with van der Waals surface area (Å²) >= 11 is 0. The number of hydrogen-bond acceptors (Lipinski definition) is 4. The van der Waals surface area contributed by atoms with E-state index in [-0.39, 0.29) is 29.1 Å². The van der Waals surface area contributed by atoms with Crippen LogP contribution < -0.4 is 0 Å². The molecule has 1 aliphatic heterocycles. The van der Waals surface area contributed by atoms with E-state index in [4.69, 9.17) is 4.74 Å². The maximum Gasteiger partial charge on any atom is 0.343 e. The van der Waals surface area contributed by atoms with E-state index >= 15 is 0 Å². The van der Waals surface area contributed by atoms with Gasteiger partial charge in [0, 0.05) is 11.5 Å². The fourth-order valence-corrected chi connectivity index (χ4v) is 3.16. The van der Waals surface area contributed by atoms with Crippen LogP contribution >= 0.6 is 0 Å². The molecule has 0 unspecified atom stereocenters. The van der Waals surface area contributed by atoms with Gasteiger partial charge in [0.15, 0.2) is 11.5 Å². The number of aromatic hydroxyl groups is 2. The molecule has 18 heavy (non-hydrogen) atoms. The van der Waals surface area contributed by atoms with Crippen molar-refractivity contribution in [3.05, 3.63) is 22.8 Å². The molecule has 0 saturated carbocycles. The van der Waals surface area contributed by atoms with E-state index in [1.54, 1.807) is 6.07 Å². The number of rotatable bonds is 1. The maximum atomic E-state index is 11.9. The summed E-state index contributed by atoms with van der Waals surface area (Å²) in [6.07, 6.45) is 1.49. The molecule has 3 rings (SSSR count). The van der Waals surface area contributed by atoms with Crippen molar-refractivity contribution in [2.75, 3.05) is 0 Å². The van der Waals surface area contributed by atoms with Crippen molar-refractivity contribution in [3.63, 3.8) is 0 Å². The summed E-state index contributed by atoms with van der Waals surface area (Å²) in [5.41, 5.74) is 1.88. The lowest BCUT2D eigenvalue weighted by Gasteiger charge is -2.32. The first-order valence-electron chi connectivity index (χ1n) is 6.29. The highest BCUT2D eigenvalue weighted by molar-refractivity contribution is 5.98. The highest BCUT2D eigenvalue weighted by atomic mass is 16.6. The van der Waals surface area contributed by atoms with Crippen LogP contribution in [0, 0.1) is 11.8 Å². The summed E-state index contributed by atoms with van der Waals surface area (Å²) in [7, 11) is 0. The van der Waals surface area contributed by atoms with Crippen LogP contribution in [0.2, 0.25) is 0 Å². The number of phenols is 2. The number of phenolic OH excluding ortho intramolecular Hbond substituents is 2. The Labute approximate surface area is 105 Å². The molecule has 2 atom stereocenters. The number of carbonyl (C=O) groups excluding carboxylic acids is 1. The van der Waals surface area contributed by atoms with Gasteiger partial charge in [-0.05, 0) is 30.4 Å². The molecule has 0 aromatic heterocycles. The van der Waals surface area contributed by atoms with E-state index in [1.807, 2.05) is 0 Å². The Hall–Kier alpha value is -1.71. The summed E-state index contributed by atoms with van der Waals surface area (Å²) in [6.45, 7) is 4.23. The van der Waals surface area contributed by atoms with Crippen LogP contribution in [-0.4, -0.2) is 16.2 Å². The average molecular weight is 248 g/mol. The lowest BCUT2D eigenvalue weighted by Crippen LogP contribution is -2.24. The molecule has 2 N–H and O–H groups in total. The summed E-state index contributed by atoms with van der Waals surface area (Å²) in [6, 6.07) is 1.56. The Bertz CT molecular complexity index is 533. The number of esters is 1. The molecule has 0 saturated heterocycles. The minimum absolute atomic E-state index is 0.167. The van der Waals surface area contributed by atoms with Gasteiger partial charge in [-0.15, -0.1) is 0 Å². The van der Waals surface area contributed by atoms with Gasteiger partial charge in [-0.2, -0.15) is 0 Å². The molecule has 0 spiro atoms. The van der Waals surface area contributed by atoms with E-state index in [0.29, 0.717) is 5.92 Å². The quantitative estimate of drug-likeness (QED) is 0.592. The molecular formula is C14H16O4. The monoisotopic (exact) mass is 248 g/mol. The third kappa shape index (κ3) is 1.35. The van der Waals surface area contributed by atoms with Gasteiger partial charge in [-0.1, -0.05) is 13.8 Å². The van der Waals surface area contributed by atoms with Crippen molar-refractivity contribution in [2.24, 2.45) is 11.8 Å². The smallest absolute Gasteiger partial charge is 0.343 e. The molecule has 2 aliphatic rings. The molecule has 0 bridgehead atoms. The Kier molecular flexibility index (Phi) is 2.30. The number of ether oxygens (including phenoxy) is 1. The van der Waals surface area contributed by atoms with Gasteiger partial charge < -0.3 is 14.9 Å². The predicted octanol–water partition coefficient (Wildman–Crippen LogP) is 2.53. The van der Waals surface area contributed by atoms with Crippen molar-refractivity contribution in [1.82, 2.24) is 0 Å². The molecule has 0 amide bonds. The van der Waals surface area contributed by atoms with Crippen molar-refractivity contribution in [2.45, 2.75) is 32.8 Å². The number of carbonyl (C=O) groups is 1. The molecule has 1 heterocycles. The third-order valence-electron chi connectivity index (χ3n) is 4.12. The zero-order chi connectivity index (χ0) is 13.0. The minimum Gasteiger partial charge on any atom is -0.504 e. The molecule has 1 aromatic carbocycles. The fourth-order valence-electron chi connectivity index (χ4n) is 3.16. The highest BCUT2D eigenvalue weighted by Crippen LogP contribution is 2.51. The molecule has 4 nitrogen and oxygen atoms in total. The number of aryl methyl sites for hydroxylation is 1. The molecule has 0 radical (unpaired) electrons. The zero-order valence-corrected chi connectivity index (χ0v) is 10.4. The van der Waals surface area contributed by atoms with Gasteiger partial charge in [0.1, 0.15) is 11.7 Å². The second kappa shape index (κ2) is 3.64. The van der Waals surface area contributed by atoms with Gasteiger partial charge in [-0.3, -0.25) is 0 Å². The van der Waals surface area contributed by atoms with Crippen molar-refractivity contribution >= 4 is 5.97 Å². The van der Waals surface area contributed by atoms with Gasteiger partial charge in [0.05, 0.1) is 0 Å². The average Bonchev–Trinajstić information content (AvgIpc) is 2.64. The molecule has 0 fully saturated rings. The lowest BCUT2D eigenvalue weighted by molar-refractivity contribution is 0.0118. The Morgan fingerprint density at radius 1 is 1.39 bits per heavy atom. The van der Waals surface area contributed by atoms with E-state index in [1.165, 1.54) is 0 Å². The van der Waals surface area contributed by atoms with Crippen LogP contribution in [-0.2, 0) is 11.2 Å². The fraction of sp³-hybridized carbons (Fsp3) is 0.500. The Morgan fingerprint density at radius 2 is 2.11 bits per heavy atom. The topological polar surface area (TPSA) is 66.8 Å². The van der Waals surface area contributed by atoms with E-state index in [0.717, 1.165) is 24.0 Å². The largest absolute Gasteiger partial charge is 0.504 e. The minimum atomic E-state index is -0.516. The standard InChI is InChI=1S/C14H16O4/c1-6(2)8-4-3-7-5-9(15)12(16)11-10(7)13(8)18-14(11)17/h5-6,8,13,15-16H,3-4H2,1-2H3/t8-,13-/m1/s1. The summed E-state index contributed by atoms with van der Waals surface area (Å²) < 4.78 is 5.41. The maximum absolute atomic E-state index is 11.9. The SMILES string of the molecule is CC(C)[C@H]1CCc2cc(O)c(O)c3c2[C@@H]1OC3=O. The normalized spacial score (nSPS) is 25.2. The van der Waals surface area contributed by atoms with Gasteiger partial charge in [0.25, 0.3) is 0 Å². The zero-order valence-electron chi connectivity index (χ0n) is 10.4. The van der Waals surface area contributed by atoms with Crippen molar-refractivity contribution in [1.29, 1.82) is 0 Å². The number of hydrogen-bond donors (Lipinski definition) is 2. The van der Waals surface area contributed by atoms with E-state index < -0.39 is 5.97 Å². The predicted molar refractivity (Wildman–Crippen MR) is 64.6 cm³/mol. The van der Waals surface area contributed by atoms with Gasteiger partial charge >= 0.3 is 5.97 Å². The van der Waals surface area contributed by atoms with Crippen LogP contribution in [0.25, 0.3) is 0 Å². The van der Waals surface area contributed by atoms with Gasteiger partial charge in [-0.25, -0.2) is 4.79 Å². The second-order valence-corrected chi connectivity index (χ2v) is 5.46. The molecule has 96 valence electrons. The van der Waals surface area contributed by atoms with Crippen LogP contribution in [0.4, 0.5) is 0 Å². The Balaban J connectivity index is 2.21. The van der Waals surface area contributed by atoms with Crippen LogP contribution in [0.1, 0.15) is 47.9 Å². The lowest BCUT2D eigenvalue weighted by atomic mass is 9.75. The van der Waals surface area contributed by atoms with Crippen molar-refractivity contribution < 1.29 is 19.7 Å². The summed E-state index contributed by atoms with van der Waals surface area (Å²) in [5.74, 6) is -0.392. The molecule has 4 heteroatoms. The molecule has 1 aromatic rings. The summed E-state index contributed by atoms with van der Waals surface area (Å²) in [4.78, 5) is 11.9. The van der Waals surface area contributed by atoms with Gasteiger partial charge in [0.2, 0.25) is 0 Å². The first-order valence-corrected chi connectivity index (χ1v) is 6.29. The summed E-state index contributed by atoms with van der Waals surface area (Å²) in [5, 5.41) is 19.5. The van der Waals surface area contributed by atoms with E-state index in [2.05, 4.69) is 13.8 Å². The van der Waals surface area contributed by atoms with E-state index in [9.17, 15) is 15.0 Å². The second-order valence-electron chi connectivity index (χ2n) is 5.46. The highest BCUT2D eigenvalue weighted by Gasteiger charge is 2.44. The van der Waals surface area contributed by atoms with Crippen LogP contribution in [0.5, 0.6) is 11.5 Å². The van der Waals surface area contributed by atoms with Crippen LogP contribution in [0.15, 0.2) is 6.07 Å². The first-order chi connectivity index (χ1) is 8.50. The molecule has 1 aliphatic carbocycles. The van der Waals surface area contributed by atoms with Crippen molar-refractivity contribution in [3.8, 4) is 11.5 Å².